The minimum atomic E-state index is -0.400. The largest absolute Gasteiger partial charge is 0.354 e. The highest BCUT2D eigenvalue weighted by Crippen LogP contribution is 2.36. The van der Waals surface area contributed by atoms with E-state index in [2.05, 4.69) is 15.6 Å². The predicted molar refractivity (Wildman–Crippen MR) is 63.0 cm³/mol. The SMILES string of the molecule is CC1(C(=O)NCCn2ccnn2)CCCC1N. The molecule has 6 heteroatoms. The molecule has 1 heterocycles. The molecule has 1 aliphatic carbocycles. The first-order valence-corrected chi connectivity index (χ1v) is 6.01. The number of carbonyl (C=O) groups is 1. The molecule has 0 bridgehead atoms. The van der Waals surface area contributed by atoms with Gasteiger partial charge in [-0.15, -0.1) is 5.10 Å². The fourth-order valence-corrected chi connectivity index (χ4v) is 2.31. The van der Waals surface area contributed by atoms with Crippen LogP contribution in [0.25, 0.3) is 0 Å². The number of hydrogen-bond donors (Lipinski definition) is 2. The molecule has 0 aliphatic heterocycles. The summed E-state index contributed by atoms with van der Waals surface area (Å²) in [6.07, 6.45) is 6.25. The summed E-state index contributed by atoms with van der Waals surface area (Å²) < 4.78 is 1.69. The minimum absolute atomic E-state index is 0.0196. The fourth-order valence-electron chi connectivity index (χ4n) is 2.31. The number of nitrogens with two attached hydrogens (primary N) is 1. The number of aromatic nitrogens is 3. The molecular formula is C11H19N5O. The van der Waals surface area contributed by atoms with E-state index in [9.17, 15) is 4.79 Å². The Morgan fingerprint density at radius 1 is 1.71 bits per heavy atom. The molecule has 17 heavy (non-hydrogen) atoms. The number of nitrogens with zero attached hydrogens (tertiary/aromatic N) is 3. The van der Waals surface area contributed by atoms with Crippen LogP contribution in [0.2, 0.25) is 0 Å². The van der Waals surface area contributed by atoms with Crippen molar-refractivity contribution in [3.8, 4) is 0 Å². The molecule has 1 fully saturated rings. The third-order valence-corrected chi connectivity index (χ3v) is 3.65. The smallest absolute Gasteiger partial charge is 0.227 e. The molecule has 2 rings (SSSR count). The number of hydrogen-bond acceptors (Lipinski definition) is 4. The molecule has 3 N–H and O–H groups in total. The Morgan fingerprint density at radius 2 is 2.53 bits per heavy atom. The van der Waals surface area contributed by atoms with Gasteiger partial charge in [0.15, 0.2) is 0 Å². The molecule has 94 valence electrons. The van der Waals surface area contributed by atoms with E-state index in [-0.39, 0.29) is 11.9 Å². The van der Waals surface area contributed by atoms with Gasteiger partial charge in [-0.3, -0.25) is 9.48 Å². The van der Waals surface area contributed by atoms with Gasteiger partial charge in [0.25, 0.3) is 0 Å². The van der Waals surface area contributed by atoms with Gasteiger partial charge in [-0.25, -0.2) is 0 Å². The average Bonchev–Trinajstić information content (AvgIpc) is 2.91. The standard InChI is InChI=1S/C11H19N5O/c1-11(4-2-3-9(11)12)10(17)13-5-7-16-8-6-14-15-16/h6,8-9H,2-5,7,12H2,1H3,(H,13,17). The zero-order chi connectivity index (χ0) is 12.3. The van der Waals surface area contributed by atoms with Crippen molar-refractivity contribution in [2.24, 2.45) is 11.1 Å². The van der Waals surface area contributed by atoms with Crippen LogP contribution < -0.4 is 11.1 Å². The Morgan fingerprint density at radius 3 is 3.12 bits per heavy atom. The molecule has 6 nitrogen and oxygen atoms in total. The van der Waals surface area contributed by atoms with E-state index in [0.717, 1.165) is 19.3 Å². The second-order valence-corrected chi connectivity index (χ2v) is 4.84. The Balaban J connectivity index is 1.81. The summed E-state index contributed by atoms with van der Waals surface area (Å²) in [6, 6.07) is -0.0196. The Labute approximate surface area is 101 Å². The third-order valence-electron chi connectivity index (χ3n) is 3.65. The highest BCUT2D eigenvalue weighted by molar-refractivity contribution is 5.83. The monoisotopic (exact) mass is 237 g/mol. The predicted octanol–water partition coefficient (Wildman–Crippen LogP) is -0.0882. The van der Waals surface area contributed by atoms with Crippen molar-refractivity contribution >= 4 is 5.91 Å². The molecule has 1 aliphatic rings. The fraction of sp³-hybridized carbons (Fsp3) is 0.727. The number of amides is 1. The molecule has 0 saturated heterocycles. The van der Waals surface area contributed by atoms with Gasteiger partial charge in [0.2, 0.25) is 5.91 Å². The van der Waals surface area contributed by atoms with E-state index in [1.54, 1.807) is 17.1 Å². The van der Waals surface area contributed by atoms with Crippen LogP contribution >= 0.6 is 0 Å². The average molecular weight is 237 g/mol. The van der Waals surface area contributed by atoms with Gasteiger partial charge < -0.3 is 11.1 Å². The maximum absolute atomic E-state index is 12.1. The van der Waals surface area contributed by atoms with Gasteiger partial charge in [-0.1, -0.05) is 11.6 Å². The second kappa shape index (κ2) is 4.83. The zero-order valence-corrected chi connectivity index (χ0v) is 10.1. The summed E-state index contributed by atoms with van der Waals surface area (Å²) in [5, 5.41) is 10.5. The molecule has 0 spiro atoms. The summed E-state index contributed by atoms with van der Waals surface area (Å²) in [4.78, 5) is 12.1. The quantitative estimate of drug-likeness (QED) is 0.766. The second-order valence-electron chi connectivity index (χ2n) is 4.84. The lowest BCUT2D eigenvalue weighted by atomic mass is 9.84. The van der Waals surface area contributed by atoms with Gasteiger partial charge >= 0.3 is 0 Å². The molecule has 1 aromatic rings. The molecule has 2 unspecified atom stereocenters. The van der Waals surface area contributed by atoms with E-state index in [4.69, 9.17) is 5.73 Å². The van der Waals surface area contributed by atoms with Crippen molar-refractivity contribution in [2.75, 3.05) is 6.54 Å². The van der Waals surface area contributed by atoms with Gasteiger partial charge in [0.05, 0.1) is 18.2 Å². The van der Waals surface area contributed by atoms with Crippen LogP contribution in [0.15, 0.2) is 12.4 Å². The van der Waals surface area contributed by atoms with Crippen molar-refractivity contribution in [2.45, 2.75) is 38.8 Å². The highest BCUT2D eigenvalue weighted by Gasteiger charge is 2.42. The Bertz CT molecular complexity index is 377. The van der Waals surface area contributed by atoms with Crippen LogP contribution in [0.4, 0.5) is 0 Å². The summed E-state index contributed by atoms with van der Waals surface area (Å²) >= 11 is 0. The lowest BCUT2D eigenvalue weighted by Gasteiger charge is -2.27. The van der Waals surface area contributed by atoms with Crippen LogP contribution in [-0.2, 0) is 11.3 Å². The summed E-state index contributed by atoms with van der Waals surface area (Å²) in [7, 11) is 0. The molecule has 2 atom stereocenters. The topological polar surface area (TPSA) is 85.8 Å². The summed E-state index contributed by atoms with van der Waals surface area (Å²) in [5.41, 5.74) is 5.59. The van der Waals surface area contributed by atoms with Gasteiger partial charge in [0, 0.05) is 18.8 Å². The first-order valence-electron chi connectivity index (χ1n) is 6.01. The van der Waals surface area contributed by atoms with E-state index >= 15 is 0 Å². The van der Waals surface area contributed by atoms with Crippen molar-refractivity contribution in [3.05, 3.63) is 12.4 Å². The van der Waals surface area contributed by atoms with Crippen LogP contribution in [-0.4, -0.2) is 33.5 Å². The molecule has 0 aromatic carbocycles. The number of rotatable bonds is 4. The molecular weight excluding hydrogens is 218 g/mol. The third kappa shape index (κ3) is 2.46. The van der Waals surface area contributed by atoms with Crippen LogP contribution in [0.1, 0.15) is 26.2 Å². The van der Waals surface area contributed by atoms with E-state index in [0.29, 0.717) is 13.1 Å². The summed E-state index contributed by atoms with van der Waals surface area (Å²) in [6.45, 7) is 3.15. The molecule has 1 aromatic heterocycles. The maximum Gasteiger partial charge on any atom is 0.227 e. The van der Waals surface area contributed by atoms with Crippen molar-refractivity contribution in [1.82, 2.24) is 20.3 Å². The zero-order valence-electron chi connectivity index (χ0n) is 10.1. The van der Waals surface area contributed by atoms with Gasteiger partial charge in [0.1, 0.15) is 0 Å². The first-order chi connectivity index (χ1) is 8.13. The van der Waals surface area contributed by atoms with Crippen LogP contribution in [0, 0.1) is 5.41 Å². The van der Waals surface area contributed by atoms with Crippen molar-refractivity contribution < 1.29 is 4.79 Å². The van der Waals surface area contributed by atoms with Crippen LogP contribution in [0.3, 0.4) is 0 Å². The Kier molecular flexibility index (Phi) is 3.42. The van der Waals surface area contributed by atoms with E-state index in [1.807, 2.05) is 6.92 Å². The maximum atomic E-state index is 12.1. The van der Waals surface area contributed by atoms with Crippen LogP contribution in [0.5, 0.6) is 0 Å². The van der Waals surface area contributed by atoms with Crippen molar-refractivity contribution in [3.63, 3.8) is 0 Å². The number of carbonyl (C=O) groups excluding carboxylic acids is 1. The molecule has 1 saturated carbocycles. The van der Waals surface area contributed by atoms with Crippen molar-refractivity contribution in [1.29, 1.82) is 0 Å². The lowest BCUT2D eigenvalue weighted by molar-refractivity contribution is -0.130. The molecule has 1 amide bonds. The lowest BCUT2D eigenvalue weighted by Crippen LogP contribution is -2.48. The minimum Gasteiger partial charge on any atom is -0.354 e. The highest BCUT2D eigenvalue weighted by atomic mass is 16.2. The van der Waals surface area contributed by atoms with E-state index < -0.39 is 5.41 Å². The molecule has 0 radical (unpaired) electrons. The number of nitrogens with one attached hydrogen (secondary N) is 1. The van der Waals surface area contributed by atoms with E-state index in [1.165, 1.54) is 0 Å². The first kappa shape index (κ1) is 12.0. The van der Waals surface area contributed by atoms with Gasteiger partial charge in [-0.2, -0.15) is 0 Å². The van der Waals surface area contributed by atoms with Gasteiger partial charge in [-0.05, 0) is 19.8 Å². The Hall–Kier alpha value is -1.43. The summed E-state index contributed by atoms with van der Waals surface area (Å²) in [5.74, 6) is 0.0580. The normalized spacial score (nSPS) is 28.2.